The fourth-order valence-electron chi connectivity index (χ4n) is 2.53. The highest BCUT2D eigenvalue weighted by molar-refractivity contribution is 5.82. The van der Waals surface area contributed by atoms with E-state index < -0.39 is 0 Å². The molecule has 0 spiro atoms. The molecule has 0 radical (unpaired) electrons. The van der Waals surface area contributed by atoms with E-state index >= 15 is 0 Å². The molecule has 22 heavy (non-hydrogen) atoms. The molecule has 0 aromatic heterocycles. The first-order valence-corrected chi connectivity index (χ1v) is 7.78. The van der Waals surface area contributed by atoms with E-state index in [1.54, 1.807) is 11.8 Å². The largest absolute Gasteiger partial charge is 0.465 e. The Bertz CT molecular complexity index is 483. The molecule has 1 aromatic rings. The molecule has 0 saturated carbocycles. The van der Waals surface area contributed by atoms with Crippen LogP contribution >= 0.6 is 0 Å². The maximum absolute atomic E-state index is 12.5. The molecule has 1 heterocycles. The van der Waals surface area contributed by atoms with Crippen molar-refractivity contribution in [1.82, 2.24) is 4.90 Å². The number of hydrogen-bond donors (Lipinski definition) is 0. The van der Waals surface area contributed by atoms with E-state index in [0.29, 0.717) is 26.2 Å². The topological polar surface area (TPSA) is 55.8 Å². The predicted molar refractivity (Wildman–Crippen MR) is 82.1 cm³/mol. The summed E-state index contributed by atoms with van der Waals surface area (Å²) < 4.78 is 10.5. The van der Waals surface area contributed by atoms with Gasteiger partial charge in [0.25, 0.3) is 0 Å². The van der Waals surface area contributed by atoms with Gasteiger partial charge in [-0.2, -0.15) is 0 Å². The highest BCUT2D eigenvalue weighted by Crippen LogP contribution is 2.17. The van der Waals surface area contributed by atoms with Gasteiger partial charge < -0.3 is 14.4 Å². The van der Waals surface area contributed by atoms with Gasteiger partial charge in [-0.15, -0.1) is 0 Å². The van der Waals surface area contributed by atoms with Gasteiger partial charge in [-0.25, -0.2) is 0 Å². The van der Waals surface area contributed by atoms with Gasteiger partial charge in [-0.1, -0.05) is 30.3 Å². The van der Waals surface area contributed by atoms with Gasteiger partial charge in [-0.3, -0.25) is 9.59 Å². The van der Waals surface area contributed by atoms with Crippen LogP contribution in [0.1, 0.15) is 31.7 Å². The standard InChI is InChI=1S/C17H23NO4/c1-2-21-17(20)13-18(12-14-7-4-3-5-8-14)16(19)11-15-9-6-10-22-15/h3-5,7-8,15H,2,6,9-13H2,1H3. The number of amides is 1. The summed E-state index contributed by atoms with van der Waals surface area (Å²) in [5, 5.41) is 0. The van der Waals surface area contributed by atoms with Crippen LogP contribution in [0.3, 0.4) is 0 Å². The second kappa shape index (κ2) is 8.54. The molecular formula is C17H23NO4. The summed E-state index contributed by atoms with van der Waals surface area (Å²) in [6.07, 6.45) is 2.21. The number of carbonyl (C=O) groups is 2. The maximum atomic E-state index is 12.5. The van der Waals surface area contributed by atoms with Crippen molar-refractivity contribution in [3.63, 3.8) is 0 Å². The van der Waals surface area contributed by atoms with Crippen molar-refractivity contribution in [3.05, 3.63) is 35.9 Å². The van der Waals surface area contributed by atoms with Crippen LogP contribution in [0.15, 0.2) is 30.3 Å². The van der Waals surface area contributed by atoms with Crippen LogP contribution in [-0.4, -0.2) is 42.6 Å². The molecule has 1 atom stereocenters. The minimum Gasteiger partial charge on any atom is -0.465 e. The number of rotatable bonds is 7. The van der Waals surface area contributed by atoms with E-state index in [1.807, 2.05) is 30.3 Å². The highest BCUT2D eigenvalue weighted by atomic mass is 16.5. The Labute approximate surface area is 131 Å². The van der Waals surface area contributed by atoms with Gasteiger partial charge in [0.1, 0.15) is 6.54 Å². The minimum atomic E-state index is -0.376. The monoisotopic (exact) mass is 305 g/mol. The normalized spacial score (nSPS) is 17.2. The molecular weight excluding hydrogens is 282 g/mol. The van der Waals surface area contributed by atoms with Crippen LogP contribution in [-0.2, 0) is 25.6 Å². The van der Waals surface area contributed by atoms with Crippen LogP contribution in [0.25, 0.3) is 0 Å². The molecule has 1 aliphatic rings. The SMILES string of the molecule is CCOC(=O)CN(Cc1ccccc1)C(=O)CC1CCCO1. The highest BCUT2D eigenvalue weighted by Gasteiger charge is 2.24. The van der Waals surface area contributed by atoms with Crippen molar-refractivity contribution in [3.8, 4) is 0 Å². The summed E-state index contributed by atoms with van der Waals surface area (Å²) >= 11 is 0. The molecule has 1 saturated heterocycles. The number of carbonyl (C=O) groups excluding carboxylic acids is 2. The van der Waals surface area contributed by atoms with E-state index in [-0.39, 0.29) is 24.5 Å². The van der Waals surface area contributed by atoms with E-state index in [4.69, 9.17) is 9.47 Å². The first-order chi connectivity index (χ1) is 10.7. The maximum Gasteiger partial charge on any atom is 0.325 e. The Morgan fingerprint density at radius 2 is 2.09 bits per heavy atom. The first-order valence-electron chi connectivity index (χ1n) is 7.78. The molecule has 1 amide bonds. The molecule has 0 bridgehead atoms. The van der Waals surface area contributed by atoms with Crippen LogP contribution < -0.4 is 0 Å². The van der Waals surface area contributed by atoms with E-state index in [0.717, 1.165) is 18.4 Å². The summed E-state index contributed by atoms with van der Waals surface area (Å²) in [5.74, 6) is -0.442. The van der Waals surface area contributed by atoms with Crippen molar-refractivity contribution in [2.75, 3.05) is 19.8 Å². The minimum absolute atomic E-state index is 0.0196. The zero-order chi connectivity index (χ0) is 15.8. The lowest BCUT2D eigenvalue weighted by molar-refractivity contribution is -0.150. The van der Waals surface area contributed by atoms with Gasteiger partial charge in [0.2, 0.25) is 5.91 Å². The van der Waals surface area contributed by atoms with E-state index in [1.165, 1.54) is 0 Å². The second-order valence-corrected chi connectivity index (χ2v) is 5.38. The predicted octanol–water partition coefficient (Wildman–Crippen LogP) is 2.15. The lowest BCUT2D eigenvalue weighted by atomic mass is 10.1. The average molecular weight is 305 g/mol. The van der Waals surface area contributed by atoms with Gasteiger partial charge in [-0.05, 0) is 25.3 Å². The number of nitrogens with zero attached hydrogens (tertiary/aromatic N) is 1. The fraction of sp³-hybridized carbons (Fsp3) is 0.529. The average Bonchev–Trinajstić information content (AvgIpc) is 3.01. The van der Waals surface area contributed by atoms with Crippen molar-refractivity contribution >= 4 is 11.9 Å². The third kappa shape index (κ3) is 5.15. The summed E-state index contributed by atoms with van der Waals surface area (Å²) in [7, 11) is 0. The third-order valence-electron chi connectivity index (χ3n) is 3.62. The molecule has 2 rings (SSSR count). The van der Waals surface area contributed by atoms with Gasteiger partial charge in [0, 0.05) is 13.2 Å². The smallest absolute Gasteiger partial charge is 0.325 e. The second-order valence-electron chi connectivity index (χ2n) is 5.38. The lowest BCUT2D eigenvalue weighted by Gasteiger charge is -2.23. The number of esters is 1. The Kier molecular flexibility index (Phi) is 6.40. The molecule has 5 nitrogen and oxygen atoms in total. The summed E-state index contributed by atoms with van der Waals surface area (Å²) in [5.41, 5.74) is 0.993. The van der Waals surface area contributed by atoms with Gasteiger partial charge in [0.05, 0.1) is 19.1 Å². The van der Waals surface area contributed by atoms with E-state index in [9.17, 15) is 9.59 Å². The van der Waals surface area contributed by atoms with Crippen molar-refractivity contribution in [2.45, 2.75) is 38.8 Å². The van der Waals surface area contributed by atoms with Crippen molar-refractivity contribution < 1.29 is 19.1 Å². The first kappa shape index (κ1) is 16.5. The molecule has 1 aliphatic heterocycles. The van der Waals surface area contributed by atoms with E-state index in [2.05, 4.69) is 0 Å². The molecule has 0 N–H and O–H groups in total. The summed E-state index contributed by atoms with van der Waals surface area (Å²) in [6, 6.07) is 9.65. The Hall–Kier alpha value is -1.88. The number of ether oxygens (including phenoxy) is 2. The molecule has 1 aromatic carbocycles. The molecule has 1 fully saturated rings. The van der Waals surface area contributed by atoms with Gasteiger partial charge in [0.15, 0.2) is 0 Å². The van der Waals surface area contributed by atoms with Crippen LogP contribution in [0, 0.1) is 0 Å². The van der Waals surface area contributed by atoms with Crippen molar-refractivity contribution in [1.29, 1.82) is 0 Å². The molecule has 5 heteroatoms. The quantitative estimate of drug-likeness (QED) is 0.724. The summed E-state index contributed by atoms with van der Waals surface area (Å²) in [4.78, 5) is 25.8. The fourth-order valence-corrected chi connectivity index (χ4v) is 2.53. The Morgan fingerprint density at radius 1 is 1.32 bits per heavy atom. The van der Waals surface area contributed by atoms with Crippen LogP contribution in [0.5, 0.6) is 0 Å². The van der Waals surface area contributed by atoms with Gasteiger partial charge >= 0.3 is 5.97 Å². The number of benzene rings is 1. The van der Waals surface area contributed by atoms with Crippen LogP contribution in [0.2, 0.25) is 0 Å². The van der Waals surface area contributed by atoms with Crippen molar-refractivity contribution in [2.24, 2.45) is 0 Å². The molecule has 0 aliphatic carbocycles. The molecule has 120 valence electrons. The molecule has 1 unspecified atom stereocenters. The summed E-state index contributed by atoms with van der Waals surface area (Å²) in [6.45, 7) is 3.18. The zero-order valence-corrected chi connectivity index (χ0v) is 13.0. The third-order valence-corrected chi connectivity index (χ3v) is 3.62. The lowest BCUT2D eigenvalue weighted by Crippen LogP contribution is -2.37. The van der Waals surface area contributed by atoms with Crippen LogP contribution in [0.4, 0.5) is 0 Å². The Morgan fingerprint density at radius 3 is 2.73 bits per heavy atom. The Balaban J connectivity index is 1.99. The zero-order valence-electron chi connectivity index (χ0n) is 13.0. The number of hydrogen-bond acceptors (Lipinski definition) is 4.